The number of hydrogen-bond acceptors (Lipinski definition) is 14. The minimum absolute atomic E-state index is 0.0126. The second kappa shape index (κ2) is 20.8. The number of nitrogens with one attached hydrogen (secondary N) is 2. The molecule has 326 valence electrons. The summed E-state index contributed by atoms with van der Waals surface area (Å²) in [5, 5.41) is 16.2. The summed E-state index contributed by atoms with van der Waals surface area (Å²) in [5.74, 6) is 0.391. The summed E-state index contributed by atoms with van der Waals surface area (Å²) in [6.07, 6.45) is 8.23. The van der Waals surface area contributed by atoms with Crippen molar-refractivity contribution in [3.8, 4) is 6.07 Å². The maximum atomic E-state index is 11.9. The van der Waals surface area contributed by atoms with Gasteiger partial charge in [-0.3, -0.25) is 4.79 Å². The average molecular weight is 995 g/mol. The van der Waals surface area contributed by atoms with E-state index in [2.05, 4.69) is 103 Å². The van der Waals surface area contributed by atoms with Crippen molar-refractivity contribution in [3.05, 3.63) is 96.8 Å². The Labute approximate surface area is 388 Å². The van der Waals surface area contributed by atoms with E-state index in [0.29, 0.717) is 20.2 Å². The van der Waals surface area contributed by atoms with E-state index < -0.39 is 0 Å². The van der Waals surface area contributed by atoms with Crippen molar-refractivity contribution in [2.24, 2.45) is 5.73 Å². The molecule has 0 saturated carbocycles. The van der Waals surface area contributed by atoms with E-state index >= 15 is 0 Å². The van der Waals surface area contributed by atoms with Gasteiger partial charge in [-0.15, -0.1) is 34.0 Å². The van der Waals surface area contributed by atoms with Gasteiger partial charge in [-0.1, -0.05) is 32.4 Å². The van der Waals surface area contributed by atoms with Crippen LogP contribution < -0.4 is 22.3 Å². The number of H-pyrrole nitrogens is 1. The number of fused-ring (bicyclic) bond motifs is 3. The SMILES string of the molecule is CCc1c(C)sc(N)c1C#N.CCc1c(C)sc2nc[nH]c(=O)c12.CCc1c(C)sc2ncnc(Cl)c12.CCc1c(C)sc2ncnc(Nc3cc(C(C)(C)C)[se]c3C(N)=O)c12. The van der Waals surface area contributed by atoms with Gasteiger partial charge in [0, 0.05) is 14.6 Å². The maximum absolute atomic E-state index is 11.9. The molecule has 8 rings (SSSR count). The Morgan fingerprint density at radius 3 is 1.81 bits per heavy atom. The summed E-state index contributed by atoms with van der Waals surface area (Å²) in [4.78, 5) is 54.9. The Morgan fingerprint density at radius 1 is 0.790 bits per heavy atom. The van der Waals surface area contributed by atoms with Gasteiger partial charge in [0.2, 0.25) is 0 Å². The zero-order chi connectivity index (χ0) is 45.6. The van der Waals surface area contributed by atoms with Crippen molar-refractivity contribution in [1.82, 2.24) is 29.9 Å². The number of halogens is 1. The number of anilines is 3. The quantitative estimate of drug-likeness (QED) is 0.0879. The van der Waals surface area contributed by atoms with Gasteiger partial charge >= 0.3 is 157 Å². The predicted octanol–water partition coefficient (Wildman–Crippen LogP) is 10.9. The van der Waals surface area contributed by atoms with Crippen molar-refractivity contribution in [3.63, 3.8) is 0 Å². The normalized spacial score (nSPS) is 11.1. The first kappa shape index (κ1) is 48.5. The molecule has 0 aliphatic carbocycles. The third-order valence-electron chi connectivity index (χ3n) is 10.0. The van der Waals surface area contributed by atoms with Crippen LogP contribution in [0.1, 0.15) is 109 Å². The zero-order valence-electron chi connectivity index (χ0n) is 36.7. The summed E-state index contributed by atoms with van der Waals surface area (Å²) in [7, 11) is 0. The standard InChI is InChI=1S/C18H22N4OSSe.C9H9ClN2S.C9H10N2OS.C8H10N2S/c1-6-10-9(2)24-17-13(10)16(20-8-21-17)22-11-7-12(18(3,4)5)25-14(11)15(19)23;1-3-6-5(2)13-9-7(6)8(10)11-4-12-9;1-3-6-5(2)13-9-7(6)8(12)10-4-11-9;1-3-6-5(2)11-8(10)7(6)4-9/h7-8H,6H2,1-5H3,(H2,19,23)(H,20,21,22);4H,3H2,1-2H3;4H,3H2,1-2H3,(H,10,11,12);3,10H2,1-2H3. The van der Waals surface area contributed by atoms with Crippen LogP contribution in [0.4, 0.5) is 16.5 Å². The molecule has 0 bridgehead atoms. The van der Waals surface area contributed by atoms with Crippen LogP contribution in [0.3, 0.4) is 0 Å². The molecule has 0 aromatic carbocycles. The number of rotatable bonds is 7. The van der Waals surface area contributed by atoms with Gasteiger partial charge in [-0.25, -0.2) is 15.0 Å². The van der Waals surface area contributed by atoms with Crippen LogP contribution >= 0.6 is 56.9 Å². The van der Waals surface area contributed by atoms with Gasteiger partial charge in [0.15, 0.2) is 0 Å². The third-order valence-corrected chi connectivity index (χ3v) is 17.8. The molecule has 0 aliphatic rings. The van der Waals surface area contributed by atoms with Crippen molar-refractivity contribution < 1.29 is 4.79 Å². The molecule has 8 aromatic heterocycles. The molecule has 0 atom stereocenters. The molecule has 0 aliphatic heterocycles. The van der Waals surface area contributed by atoms with Gasteiger partial charge in [0.05, 0.1) is 22.7 Å². The fraction of sp³-hybridized carbons (Fsp3) is 0.364. The summed E-state index contributed by atoms with van der Waals surface area (Å²) in [6.45, 7) is 23.1. The van der Waals surface area contributed by atoms with E-state index in [1.807, 2.05) is 20.8 Å². The number of nitriles is 1. The molecule has 18 heteroatoms. The molecule has 0 radical (unpaired) electrons. The number of aryl methyl sites for hydroxylation is 7. The number of nitrogens with two attached hydrogens (primary N) is 2. The number of aromatic nitrogens is 6. The van der Waals surface area contributed by atoms with Crippen molar-refractivity contribution >= 4 is 125 Å². The predicted molar refractivity (Wildman–Crippen MR) is 264 cm³/mol. The molecule has 6 N–H and O–H groups in total. The molecule has 8 heterocycles. The number of thiophene rings is 4. The van der Waals surface area contributed by atoms with Gasteiger partial charge in [-0.05, 0) is 56.7 Å². The Morgan fingerprint density at radius 2 is 1.29 bits per heavy atom. The molecule has 0 spiro atoms. The molecule has 1 amide bonds. The van der Waals surface area contributed by atoms with Crippen LogP contribution in [0.5, 0.6) is 0 Å². The molecular weight excluding hydrogens is 943 g/mol. The van der Waals surface area contributed by atoms with E-state index in [9.17, 15) is 9.59 Å². The molecule has 0 fully saturated rings. The van der Waals surface area contributed by atoms with Crippen LogP contribution in [0.15, 0.2) is 29.8 Å². The molecule has 0 unspecified atom stereocenters. The fourth-order valence-corrected chi connectivity index (χ4v) is 13.6. The Balaban J connectivity index is 0.000000167. The first-order valence-electron chi connectivity index (χ1n) is 20.0. The molecule has 12 nitrogen and oxygen atoms in total. The Bertz CT molecular complexity index is 2980. The van der Waals surface area contributed by atoms with Gasteiger partial charge < -0.3 is 10.7 Å². The summed E-state index contributed by atoms with van der Waals surface area (Å²) in [6, 6.07) is 4.19. The van der Waals surface area contributed by atoms with Gasteiger partial charge in [-0.2, -0.15) is 5.26 Å². The number of nitrogen functional groups attached to an aromatic ring is 1. The number of carbonyl (C=O) groups is 1. The third kappa shape index (κ3) is 10.5. The van der Waals surface area contributed by atoms with Crippen LogP contribution in [-0.4, -0.2) is 50.3 Å². The second-order valence-electron chi connectivity index (χ2n) is 15.1. The minimum atomic E-state index is -0.361. The zero-order valence-corrected chi connectivity index (χ0v) is 42.4. The first-order valence-corrected chi connectivity index (χ1v) is 25.3. The van der Waals surface area contributed by atoms with Crippen molar-refractivity contribution in [1.29, 1.82) is 5.26 Å². The van der Waals surface area contributed by atoms with Crippen LogP contribution in [0, 0.1) is 39.0 Å². The van der Waals surface area contributed by atoms with E-state index in [1.54, 1.807) is 40.3 Å². The van der Waals surface area contributed by atoms with E-state index in [-0.39, 0.29) is 31.4 Å². The number of nitrogens with zero attached hydrogens (tertiary/aromatic N) is 6. The van der Waals surface area contributed by atoms with E-state index in [4.69, 9.17) is 28.3 Å². The van der Waals surface area contributed by atoms with Crippen LogP contribution in [0.2, 0.25) is 5.15 Å². The summed E-state index contributed by atoms with van der Waals surface area (Å²) >= 11 is 12.4. The Hall–Kier alpha value is -4.53. The van der Waals surface area contributed by atoms with Gasteiger partial charge in [0.25, 0.3) is 5.56 Å². The number of hydrogen-bond donors (Lipinski definition) is 4. The summed E-state index contributed by atoms with van der Waals surface area (Å²) < 4.78 is 1.92. The molecule has 0 saturated heterocycles. The van der Waals surface area contributed by atoms with E-state index in [1.165, 1.54) is 59.1 Å². The number of primary amides is 1. The first-order chi connectivity index (χ1) is 29.4. The molecular formula is C44H51ClN10O2S4Se. The monoisotopic (exact) mass is 994 g/mol. The molecule has 62 heavy (non-hydrogen) atoms. The number of aromatic amines is 1. The van der Waals surface area contributed by atoms with E-state index in [0.717, 1.165) is 79.0 Å². The fourth-order valence-electron chi connectivity index (χ4n) is 6.96. The number of amides is 1. The Kier molecular flexibility index (Phi) is 16.2. The van der Waals surface area contributed by atoms with Crippen molar-refractivity contribution in [2.45, 2.75) is 107 Å². The average Bonchev–Trinajstić information content (AvgIpc) is 4.02. The molecule has 8 aromatic rings. The van der Waals surface area contributed by atoms with Crippen LogP contribution in [-0.2, 0) is 31.1 Å². The summed E-state index contributed by atoms with van der Waals surface area (Å²) in [5.41, 5.74) is 17.5. The van der Waals surface area contributed by atoms with Crippen LogP contribution in [0.25, 0.3) is 30.6 Å². The number of carbonyl (C=O) groups excluding carboxylic acids is 1. The topological polar surface area (TPSA) is 202 Å². The second-order valence-corrected chi connectivity index (χ2v) is 22.5. The van der Waals surface area contributed by atoms with Crippen molar-refractivity contribution in [2.75, 3.05) is 11.1 Å². The van der Waals surface area contributed by atoms with Gasteiger partial charge in [0.1, 0.15) is 32.2 Å².